The third-order valence-corrected chi connectivity index (χ3v) is 3.59. The number of hydrogen-bond acceptors (Lipinski definition) is 4. The fraction of sp³-hybridized carbons (Fsp3) is 0.500. The molecule has 0 saturated carbocycles. The maximum absolute atomic E-state index is 13.4. The number of halogens is 5. The molecule has 2 atom stereocenters. The standard InChI is InChI=1S/C14H16F5NO4P/c1-6(13(21)23-5-14(2,3)4)20-25(22)24-12-10(18)8(16)7(15)9(17)11(12)19/h6H,5H2,1-4H3,(H,20,22)/q+1. The molecule has 0 radical (unpaired) electrons. The first-order valence-corrected chi connectivity index (χ1v) is 8.12. The molecule has 1 rings (SSSR count). The van der Waals surface area contributed by atoms with Crippen LogP contribution in [0.25, 0.3) is 0 Å². The average molecular weight is 388 g/mol. The first-order chi connectivity index (χ1) is 11.3. The van der Waals surface area contributed by atoms with Crippen LogP contribution in [0.15, 0.2) is 0 Å². The number of rotatable bonds is 6. The van der Waals surface area contributed by atoms with Crippen molar-refractivity contribution in [3.63, 3.8) is 0 Å². The first kappa shape index (κ1) is 21.2. The molecule has 1 aromatic carbocycles. The van der Waals surface area contributed by atoms with Gasteiger partial charge in [0.25, 0.3) is 5.75 Å². The Labute approximate surface area is 141 Å². The summed E-state index contributed by atoms with van der Waals surface area (Å²) < 4.78 is 86.6. The van der Waals surface area contributed by atoms with E-state index >= 15 is 0 Å². The van der Waals surface area contributed by atoms with Crippen molar-refractivity contribution in [3.05, 3.63) is 29.1 Å². The zero-order valence-electron chi connectivity index (χ0n) is 13.8. The number of ether oxygens (including phenoxy) is 1. The van der Waals surface area contributed by atoms with E-state index in [9.17, 15) is 31.3 Å². The third-order valence-electron chi connectivity index (χ3n) is 2.64. The minimum atomic E-state index is -3.17. The Kier molecular flexibility index (Phi) is 6.84. The van der Waals surface area contributed by atoms with Crippen molar-refractivity contribution in [2.24, 2.45) is 5.41 Å². The van der Waals surface area contributed by atoms with E-state index in [1.54, 1.807) is 20.8 Å². The highest BCUT2D eigenvalue weighted by molar-refractivity contribution is 7.37. The van der Waals surface area contributed by atoms with Crippen molar-refractivity contribution < 1.29 is 40.6 Å². The summed E-state index contributed by atoms with van der Waals surface area (Å²) in [4.78, 5) is 11.7. The monoisotopic (exact) mass is 388 g/mol. The Morgan fingerprint density at radius 3 is 1.92 bits per heavy atom. The molecule has 11 heteroatoms. The molecule has 2 unspecified atom stereocenters. The lowest BCUT2D eigenvalue weighted by molar-refractivity contribution is -0.147. The molecule has 5 nitrogen and oxygen atoms in total. The second-order valence-corrected chi connectivity index (χ2v) is 7.22. The molecule has 1 N–H and O–H groups in total. The van der Waals surface area contributed by atoms with Gasteiger partial charge in [-0.15, -0.1) is 0 Å². The van der Waals surface area contributed by atoms with Crippen LogP contribution in [0.2, 0.25) is 0 Å². The summed E-state index contributed by atoms with van der Waals surface area (Å²) in [5, 5.41) is 2.01. The van der Waals surface area contributed by atoms with Crippen LogP contribution in [0, 0.1) is 34.5 Å². The predicted molar refractivity (Wildman–Crippen MR) is 77.5 cm³/mol. The van der Waals surface area contributed by atoms with Gasteiger partial charge in [-0.25, -0.2) is 17.7 Å². The minimum absolute atomic E-state index is 0.0487. The van der Waals surface area contributed by atoms with E-state index in [1.165, 1.54) is 6.92 Å². The highest BCUT2D eigenvalue weighted by Gasteiger charge is 2.35. The molecule has 0 fully saturated rings. The second kappa shape index (κ2) is 8.05. The normalized spacial score (nSPS) is 13.4. The summed E-state index contributed by atoms with van der Waals surface area (Å²) in [6.45, 7) is 6.66. The van der Waals surface area contributed by atoms with Crippen LogP contribution >= 0.6 is 8.18 Å². The van der Waals surface area contributed by atoms with Gasteiger partial charge in [-0.05, 0) is 12.3 Å². The van der Waals surface area contributed by atoms with Gasteiger partial charge in [0.2, 0.25) is 29.1 Å². The van der Waals surface area contributed by atoms with Crippen LogP contribution in [0.1, 0.15) is 27.7 Å². The zero-order chi connectivity index (χ0) is 19.5. The van der Waals surface area contributed by atoms with Gasteiger partial charge in [-0.1, -0.05) is 25.9 Å². The fourth-order valence-corrected chi connectivity index (χ4v) is 2.20. The molecule has 0 spiro atoms. The molecule has 140 valence electrons. The summed E-state index contributed by atoms with van der Waals surface area (Å²) in [6.07, 6.45) is 0. The van der Waals surface area contributed by atoms with Gasteiger partial charge in [-0.3, -0.25) is 4.79 Å². The van der Waals surface area contributed by atoms with E-state index in [0.29, 0.717) is 0 Å². The topological polar surface area (TPSA) is 64.6 Å². The zero-order valence-corrected chi connectivity index (χ0v) is 14.6. The quantitative estimate of drug-likeness (QED) is 0.263. The van der Waals surface area contributed by atoms with E-state index in [4.69, 9.17) is 4.74 Å². The van der Waals surface area contributed by atoms with Crippen LogP contribution in [-0.2, 0) is 14.1 Å². The van der Waals surface area contributed by atoms with Gasteiger partial charge >= 0.3 is 14.1 Å². The fourth-order valence-electron chi connectivity index (χ4n) is 1.40. The van der Waals surface area contributed by atoms with Crippen molar-refractivity contribution in [2.75, 3.05) is 6.61 Å². The Bertz CT molecular complexity index is 664. The van der Waals surface area contributed by atoms with E-state index < -0.39 is 55.0 Å². The number of benzene rings is 1. The lowest BCUT2D eigenvalue weighted by Gasteiger charge is -2.18. The highest BCUT2D eigenvalue weighted by Crippen LogP contribution is 2.34. The summed E-state index contributed by atoms with van der Waals surface area (Å²) in [6, 6.07) is -1.22. The van der Waals surface area contributed by atoms with Crippen LogP contribution < -0.4 is 9.61 Å². The maximum atomic E-state index is 13.4. The van der Waals surface area contributed by atoms with Crippen LogP contribution in [0.5, 0.6) is 5.75 Å². The average Bonchev–Trinajstić information content (AvgIpc) is 2.52. The van der Waals surface area contributed by atoms with Gasteiger partial charge in [0.1, 0.15) is 6.04 Å². The van der Waals surface area contributed by atoms with E-state index in [0.717, 1.165) is 0 Å². The Morgan fingerprint density at radius 2 is 1.48 bits per heavy atom. The molecule has 25 heavy (non-hydrogen) atoms. The Balaban J connectivity index is 2.80. The third kappa shape index (κ3) is 5.61. The molecule has 0 saturated heterocycles. The summed E-state index contributed by atoms with van der Waals surface area (Å²) in [7, 11) is -3.17. The number of hydrogen-bond donors (Lipinski definition) is 1. The molecule has 0 aliphatic rings. The number of nitrogens with one attached hydrogen (secondary N) is 1. The van der Waals surface area contributed by atoms with E-state index in [2.05, 4.69) is 4.52 Å². The van der Waals surface area contributed by atoms with Crippen molar-refractivity contribution in [1.82, 2.24) is 5.09 Å². The molecular formula is C14H16F5NO4P+. The lowest BCUT2D eigenvalue weighted by Crippen LogP contribution is -2.33. The van der Waals surface area contributed by atoms with Crippen molar-refractivity contribution in [1.29, 1.82) is 0 Å². The van der Waals surface area contributed by atoms with Gasteiger partial charge in [0.05, 0.1) is 6.61 Å². The molecular weight excluding hydrogens is 372 g/mol. The molecule has 0 aromatic heterocycles. The van der Waals surface area contributed by atoms with Gasteiger partial charge in [0.15, 0.2) is 0 Å². The Hall–Kier alpha value is -1.80. The number of carbonyl (C=O) groups excluding carboxylic acids is 1. The van der Waals surface area contributed by atoms with Gasteiger partial charge < -0.3 is 4.74 Å². The summed E-state index contributed by atoms with van der Waals surface area (Å²) in [5.74, 6) is -13.9. The molecule has 0 aliphatic heterocycles. The van der Waals surface area contributed by atoms with Crippen molar-refractivity contribution >= 4 is 14.1 Å². The smallest absolute Gasteiger partial charge is 0.464 e. The van der Waals surface area contributed by atoms with Crippen LogP contribution in [0.4, 0.5) is 22.0 Å². The molecule has 1 aromatic rings. The predicted octanol–water partition coefficient (Wildman–Crippen LogP) is 3.99. The SMILES string of the molecule is CC(N[P+](=O)Oc1c(F)c(F)c(F)c(F)c1F)C(=O)OCC(C)(C)C. The van der Waals surface area contributed by atoms with Crippen LogP contribution in [-0.4, -0.2) is 18.6 Å². The Morgan fingerprint density at radius 1 is 1.04 bits per heavy atom. The number of carbonyl (C=O) groups is 1. The molecule has 0 aliphatic carbocycles. The van der Waals surface area contributed by atoms with Gasteiger partial charge in [-0.2, -0.15) is 8.78 Å². The highest BCUT2D eigenvalue weighted by atomic mass is 31.1. The summed E-state index contributed by atoms with van der Waals surface area (Å²) >= 11 is 0. The van der Waals surface area contributed by atoms with Crippen molar-refractivity contribution in [2.45, 2.75) is 33.7 Å². The minimum Gasteiger partial charge on any atom is -0.464 e. The van der Waals surface area contributed by atoms with E-state index in [-0.39, 0.29) is 12.0 Å². The first-order valence-electron chi connectivity index (χ1n) is 6.94. The lowest BCUT2D eigenvalue weighted by atomic mass is 9.99. The second-order valence-electron chi connectivity index (χ2n) is 6.27. The van der Waals surface area contributed by atoms with E-state index in [1.807, 2.05) is 5.09 Å². The molecule has 0 bridgehead atoms. The van der Waals surface area contributed by atoms with Crippen LogP contribution in [0.3, 0.4) is 0 Å². The maximum Gasteiger partial charge on any atom is 0.664 e. The summed E-state index contributed by atoms with van der Waals surface area (Å²) in [5.41, 5.74) is -0.330. The van der Waals surface area contributed by atoms with Crippen molar-refractivity contribution in [3.8, 4) is 5.75 Å². The molecule has 0 amide bonds. The number of esters is 1. The molecule has 0 heterocycles. The largest absolute Gasteiger partial charge is 0.664 e. The van der Waals surface area contributed by atoms with Gasteiger partial charge in [0, 0.05) is 4.57 Å².